The Labute approximate surface area is 93.3 Å². The number of anilines is 1. The maximum Gasteiger partial charge on any atom is 0.0396 e. The Hall–Kier alpha value is -0.250. The number of rotatable bonds is 1. The molecule has 0 saturated carbocycles. The zero-order chi connectivity index (χ0) is 9.26. The van der Waals surface area contributed by atoms with E-state index < -0.39 is 0 Å². The zero-order valence-corrected chi connectivity index (χ0v) is 10.0. The molecule has 1 nitrogen and oxygen atoms in total. The van der Waals surface area contributed by atoms with Gasteiger partial charge in [-0.1, -0.05) is 0 Å². The summed E-state index contributed by atoms with van der Waals surface area (Å²) in [5, 5.41) is 0. The topological polar surface area (TPSA) is 3.24 Å². The van der Waals surface area contributed by atoms with Crippen LogP contribution in [0.5, 0.6) is 0 Å². The maximum atomic E-state index is 2.49. The Morgan fingerprint density at radius 3 is 2.54 bits per heavy atom. The summed E-state index contributed by atoms with van der Waals surface area (Å²) < 4.78 is 1.33. The maximum absolute atomic E-state index is 2.49. The molecule has 1 saturated heterocycles. The van der Waals surface area contributed by atoms with E-state index in [1.807, 2.05) is 0 Å². The predicted molar refractivity (Wildman–Crippen MR) is 65.3 cm³/mol. The van der Waals surface area contributed by atoms with Crippen molar-refractivity contribution in [3.8, 4) is 0 Å². The highest BCUT2D eigenvalue weighted by Gasteiger charge is 2.13. The molecule has 1 aromatic rings. The lowest BCUT2D eigenvalue weighted by atomic mass is 10.2. The molecule has 1 fully saturated rings. The number of hydrogen-bond donors (Lipinski definition) is 0. The Kier molecular flexibility index (Phi) is 2.77. The van der Waals surface area contributed by atoms with Gasteiger partial charge in [0.25, 0.3) is 0 Å². The van der Waals surface area contributed by atoms with Crippen molar-refractivity contribution in [2.45, 2.75) is 19.8 Å². The van der Waals surface area contributed by atoms with E-state index in [-0.39, 0.29) is 0 Å². The van der Waals surface area contributed by atoms with Crippen LogP contribution in [-0.4, -0.2) is 13.1 Å². The molecule has 0 bridgehead atoms. The van der Waals surface area contributed by atoms with Crippen LogP contribution in [0.1, 0.15) is 18.4 Å². The molecule has 1 heterocycles. The summed E-state index contributed by atoms with van der Waals surface area (Å²) >= 11 is 2.37. The summed E-state index contributed by atoms with van der Waals surface area (Å²) in [6.45, 7) is 4.68. The van der Waals surface area contributed by atoms with Gasteiger partial charge in [-0.25, -0.2) is 0 Å². The molecule has 0 radical (unpaired) electrons. The van der Waals surface area contributed by atoms with E-state index >= 15 is 0 Å². The standard InChI is InChI=1S/C11H14IN/c1-9-8-10(12)4-5-11(9)13-6-2-3-7-13/h4-5,8H,2-3,6-7H2,1H3. The molecule has 0 aromatic heterocycles. The van der Waals surface area contributed by atoms with E-state index in [1.165, 1.54) is 40.8 Å². The number of hydrogen-bond acceptors (Lipinski definition) is 1. The van der Waals surface area contributed by atoms with Gasteiger partial charge in [0.15, 0.2) is 0 Å². The van der Waals surface area contributed by atoms with Crippen LogP contribution in [0.2, 0.25) is 0 Å². The molecule has 1 aliphatic heterocycles. The summed E-state index contributed by atoms with van der Waals surface area (Å²) in [5.41, 5.74) is 2.84. The van der Waals surface area contributed by atoms with Gasteiger partial charge in [0, 0.05) is 22.3 Å². The van der Waals surface area contributed by atoms with Crippen molar-refractivity contribution in [3.63, 3.8) is 0 Å². The Balaban J connectivity index is 2.29. The third-order valence-corrected chi connectivity index (χ3v) is 3.28. The lowest BCUT2D eigenvalue weighted by Gasteiger charge is -2.19. The molecule has 2 heteroatoms. The van der Waals surface area contributed by atoms with Gasteiger partial charge < -0.3 is 4.90 Å². The quantitative estimate of drug-likeness (QED) is 0.717. The first-order valence-electron chi connectivity index (χ1n) is 4.78. The van der Waals surface area contributed by atoms with Crippen LogP contribution < -0.4 is 4.90 Å². The molecule has 0 spiro atoms. The van der Waals surface area contributed by atoms with Crippen molar-refractivity contribution in [2.24, 2.45) is 0 Å². The van der Waals surface area contributed by atoms with E-state index in [2.05, 4.69) is 52.6 Å². The number of benzene rings is 1. The monoisotopic (exact) mass is 287 g/mol. The molecule has 0 aliphatic carbocycles. The third-order valence-electron chi connectivity index (χ3n) is 2.61. The van der Waals surface area contributed by atoms with E-state index in [1.54, 1.807) is 0 Å². The second-order valence-electron chi connectivity index (χ2n) is 3.62. The third kappa shape index (κ3) is 1.98. The van der Waals surface area contributed by atoms with Gasteiger partial charge >= 0.3 is 0 Å². The second-order valence-corrected chi connectivity index (χ2v) is 4.87. The van der Waals surface area contributed by atoms with Crippen LogP contribution in [0.3, 0.4) is 0 Å². The molecule has 1 aromatic carbocycles. The van der Waals surface area contributed by atoms with Crippen molar-refractivity contribution in [3.05, 3.63) is 27.3 Å². The Morgan fingerprint density at radius 1 is 1.23 bits per heavy atom. The molecule has 1 aliphatic rings. The highest BCUT2D eigenvalue weighted by Crippen LogP contribution is 2.25. The first kappa shape index (κ1) is 9.31. The van der Waals surface area contributed by atoms with Crippen molar-refractivity contribution < 1.29 is 0 Å². The Bertz CT molecular complexity index is 303. The molecule has 13 heavy (non-hydrogen) atoms. The van der Waals surface area contributed by atoms with E-state index in [9.17, 15) is 0 Å². The molecule has 0 amide bonds. The molecular weight excluding hydrogens is 273 g/mol. The van der Waals surface area contributed by atoms with Crippen LogP contribution in [0.15, 0.2) is 18.2 Å². The van der Waals surface area contributed by atoms with Gasteiger partial charge in [0.1, 0.15) is 0 Å². The van der Waals surface area contributed by atoms with Gasteiger partial charge in [-0.3, -0.25) is 0 Å². The van der Waals surface area contributed by atoms with Crippen LogP contribution in [0.25, 0.3) is 0 Å². The van der Waals surface area contributed by atoms with Gasteiger partial charge in [-0.05, 0) is 66.1 Å². The fraction of sp³-hybridized carbons (Fsp3) is 0.455. The summed E-state index contributed by atoms with van der Waals surface area (Å²) in [6.07, 6.45) is 2.71. The molecule has 2 rings (SSSR count). The van der Waals surface area contributed by atoms with Crippen LogP contribution >= 0.6 is 22.6 Å². The predicted octanol–water partition coefficient (Wildman–Crippen LogP) is 3.20. The van der Waals surface area contributed by atoms with Gasteiger partial charge in [-0.2, -0.15) is 0 Å². The van der Waals surface area contributed by atoms with Gasteiger partial charge in [0.05, 0.1) is 0 Å². The van der Waals surface area contributed by atoms with Crippen LogP contribution in [0.4, 0.5) is 5.69 Å². The number of halogens is 1. The number of nitrogens with zero attached hydrogens (tertiary/aromatic N) is 1. The lowest BCUT2D eigenvalue weighted by Crippen LogP contribution is -2.18. The average molecular weight is 287 g/mol. The Morgan fingerprint density at radius 2 is 1.92 bits per heavy atom. The van der Waals surface area contributed by atoms with Crippen molar-refractivity contribution in [1.82, 2.24) is 0 Å². The zero-order valence-electron chi connectivity index (χ0n) is 7.89. The first-order valence-corrected chi connectivity index (χ1v) is 5.86. The highest BCUT2D eigenvalue weighted by atomic mass is 127. The molecular formula is C11H14IN. The second kappa shape index (κ2) is 3.86. The summed E-state index contributed by atoms with van der Waals surface area (Å²) in [5.74, 6) is 0. The normalized spacial score (nSPS) is 16.6. The van der Waals surface area contributed by atoms with Gasteiger partial charge in [0.2, 0.25) is 0 Å². The van der Waals surface area contributed by atoms with E-state index in [4.69, 9.17) is 0 Å². The molecule has 0 atom stereocenters. The smallest absolute Gasteiger partial charge is 0.0396 e. The van der Waals surface area contributed by atoms with Crippen LogP contribution in [0, 0.1) is 10.5 Å². The van der Waals surface area contributed by atoms with Crippen molar-refractivity contribution in [1.29, 1.82) is 0 Å². The minimum atomic E-state index is 1.24. The van der Waals surface area contributed by atoms with Crippen molar-refractivity contribution in [2.75, 3.05) is 18.0 Å². The SMILES string of the molecule is Cc1cc(I)ccc1N1CCCC1. The minimum absolute atomic E-state index is 1.24. The summed E-state index contributed by atoms with van der Waals surface area (Å²) in [6, 6.07) is 6.71. The van der Waals surface area contributed by atoms with Gasteiger partial charge in [-0.15, -0.1) is 0 Å². The minimum Gasteiger partial charge on any atom is -0.371 e. The average Bonchev–Trinajstić information content (AvgIpc) is 2.56. The summed E-state index contributed by atoms with van der Waals surface area (Å²) in [7, 11) is 0. The number of aryl methyl sites for hydroxylation is 1. The van der Waals surface area contributed by atoms with E-state index in [0.717, 1.165) is 0 Å². The largest absolute Gasteiger partial charge is 0.371 e. The van der Waals surface area contributed by atoms with Crippen molar-refractivity contribution >= 4 is 28.3 Å². The first-order chi connectivity index (χ1) is 6.27. The lowest BCUT2D eigenvalue weighted by molar-refractivity contribution is 0.949. The molecule has 0 unspecified atom stereocenters. The fourth-order valence-corrected chi connectivity index (χ4v) is 2.58. The molecule has 70 valence electrons. The fourth-order valence-electron chi connectivity index (χ4n) is 1.93. The molecule has 0 N–H and O–H groups in total. The highest BCUT2D eigenvalue weighted by molar-refractivity contribution is 14.1. The van der Waals surface area contributed by atoms with Crippen LogP contribution in [-0.2, 0) is 0 Å². The summed E-state index contributed by atoms with van der Waals surface area (Å²) in [4.78, 5) is 2.49. The van der Waals surface area contributed by atoms with E-state index in [0.29, 0.717) is 0 Å².